The first-order chi connectivity index (χ1) is 8.05. The van der Waals surface area contributed by atoms with E-state index in [0.29, 0.717) is 17.8 Å². The number of hydrogen-bond acceptors (Lipinski definition) is 2. The summed E-state index contributed by atoms with van der Waals surface area (Å²) in [7, 11) is 0. The maximum absolute atomic E-state index is 12.0. The number of carbonyl (C=O) groups excluding carboxylic acids is 1. The molecule has 0 saturated heterocycles. The van der Waals surface area contributed by atoms with Gasteiger partial charge >= 0.3 is 0 Å². The third-order valence-corrected chi connectivity index (χ3v) is 4.46. The van der Waals surface area contributed by atoms with Crippen molar-refractivity contribution in [3.63, 3.8) is 0 Å². The molecule has 2 atom stereocenters. The molecular formula is C14H25NO2. The molecule has 3 nitrogen and oxygen atoms in total. The maximum atomic E-state index is 12.0. The second-order valence-electron chi connectivity index (χ2n) is 6.49. The Morgan fingerprint density at radius 3 is 2.59 bits per heavy atom. The number of hydrogen-bond donors (Lipinski definition) is 2. The standard InChI is InChI=1S/C14H25NO2/c1-14(2,7-4-8-16)9-15-13(17)12-10-5-3-6-11(10)12/h10-12,16H,3-9H2,1-2H3,(H,15,17). The number of aliphatic hydroxyl groups is 1. The molecule has 98 valence electrons. The van der Waals surface area contributed by atoms with Crippen LogP contribution in [0.5, 0.6) is 0 Å². The third-order valence-electron chi connectivity index (χ3n) is 4.46. The predicted octanol–water partition coefficient (Wildman–Crippen LogP) is 1.95. The van der Waals surface area contributed by atoms with Crippen molar-refractivity contribution in [2.24, 2.45) is 23.2 Å². The minimum atomic E-state index is 0.0996. The topological polar surface area (TPSA) is 49.3 Å². The summed E-state index contributed by atoms with van der Waals surface area (Å²) >= 11 is 0. The smallest absolute Gasteiger partial charge is 0.223 e. The normalized spacial score (nSPS) is 31.1. The van der Waals surface area contributed by atoms with Crippen LogP contribution in [0.1, 0.15) is 46.0 Å². The maximum Gasteiger partial charge on any atom is 0.223 e. The monoisotopic (exact) mass is 239 g/mol. The van der Waals surface area contributed by atoms with E-state index in [1.165, 1.54) is 19.3 Å². The molecule has 2 saturated carbocycles. The van der Waals surface area contributed by atoms with E-state index in [-0.39, 0.29) is 17.9 Å². The van der Waals surface area contributed by atoms with Gasteiger partial charge in [0.2, 0.25) is 5.91 Å². The molecule has 2 rings (SSSR count). The average Bonchev–Trinajstić information content (AvgIpc) is 2.77. The number of aliphatic hydroxyl groups excluding tert-OH is 1. The Morgan fingerprint density at radius 2 is 2.00 bits per heavy atom. The predicted molar refractivity (Wildman–Crippen MR) is 67.4 cm³/mol. The molecule has 0 spiro atoms. The van der Waals surface area contributed by atoms with Crippen LogP contribution in [-0.4, -0.2) is 24.2 Å². The van der Waals surface area contributed by atoms with Gasteiger partial charge in [-0.25, -0.2) is 0 Å². The second-order valence-corrected chi connectivity index (χ2v) is 6.49. The zero-order chi connectivity index (χ0) is 12.5. The van der Waals surface area contributed by atoms with E-state index in [9.17, 15) is 4.79 Å². The molecule has 0 aromatic rings. The zero-order valence-electron chi connectivity index (χ0n) is 11.0. The van der Waals surface area contributed by atoms with Gasteiger partial charge in [-0.15, -0.1) is 0 Å². The lowest BCUT2D eigenvalue weighted by Crippen LogP contribution is -2.35. The second kappa shape index (κ2) is 4.97. The highest BCUT2D eigenvalue weighted by atomic mass is 16.2. The number of nitrogens with one attached hydrogen (secondary N) is 1. The van der Waals surface area contributed by atoms with Crippen molar-refractivity contribution in [1.29, 1.82) is 0 Å². The first kappa shape index (κ1) is 12.9. The van der Waals surface area contributed by atoms with Crippen molar-refractivity contribution in [2.45, 2.75) is 46.0 Å². The van der Waals surface area contributed by atoms with Crippen molar-refractivity contribution in [3.05, 3.63) is 0 Å². The molecule has 17 heavy (non-hydrogen) atoms. The Labute approximate surface area is 104 Å². The highest BCUT2D eigenvalue weighted by Crippen LogP contribution is 2.57. The van der Waals surface area contributed by atoms with Crippen LogP contribution >= 0.6 is 0 Å². The van der Waals surface area contributed by atoms with Crippen LogP contribution in [0.2, 0.25) is 0 Å². The van der Waals surface area contributed by atoms with E-state index in [1.807, 2.05) is 0 Å². The first-order valence-corrected chi connectivity index (χ1v) is 6.94. The van der Waals surface area contributed by atoms with Crippen molar-refractivity contribution in [3.8, 4) is 0 Å². The van der Waals surface area contributed by atoms with Gasteiger partial charge in [0.05, 0.1) is 0 Å². The molecule has 0 aliphatic heterocycles. The lowest BCUT2D eigenvalue weighted by molar-refractivity contribution is -0.123. The fourth-order valence-electron chi connectivity index (χ4n) is 3.30. The number of fused-ring (bicyclic) bond motifs is 1. The molecule has 0 heterocycles. The van der Waals surface area contributed by atoms with E-state index in [0.717, 1.165) is 19.4 Å². The van der Waals surface area contributed by atoms with Gasteiger partial charge in [0.1, 0.15) is 0 Å². The van der Waals surface area contributed by atoms with Gasteiger partial charge < -0.3 is 10.4 Å². The molecule has 0 radical (unpaired) electrons. The summed E-state index contributed by atoms with van der Waals surface area (Å²) in [5.41, 5.74) is 0.0996. The van der Waals surface area contributed by atoms with E-state index in [2.05, 4.69) is 19.2 Å². The van der Waals surface area contributed by atoms with Crippen LogP contribution in [0, 0.1) is 23.2 Å². The summed E-state index contributed by atoms with van der Waals surface area (Å²) in [6.45, 7) is 5.28. The summed E-state index contributed by atoms with van der Waals surface area (Å²) in [5.74, 6) is 2.01. The van der Waals surface area contributed by atoms with E-state index < -0.39 is 0 Å². The summed E-state index contributed by atoms with van der Waals surface area (Å²) in [6.07, 6.45) is 5.62. The van der Waals surface area contributed by atoms with E-state index in [4.69, 9.17) is 5.11 Å². The summed E-state index contributed by atoms with van der Waals surface area (Å²) in [5, 5.41) is 11.9. The highest BCUT2D eigenvalue weighted by Gasteiger charge is 2.56. The molecule has 0 aromatic carbocycles. The molecule has 2 fully saturated rings. The van der Waals surface area contributed by atoms with E-state index >= 15 is 0 Å². The molecule has 0 bridgehead atoms. The number of amides is 1. The Balaban J connectivity index is 1.69. The molecule has 1 amide bonds. The largest absolute Gasteiger partial charge is 0.396 e. The number of rotatable bonds is 6. The molecule has 2 aliphatic rings. The van der Waals surface area contributed by atoms with Crippen molar-refractivity contribution in [1.82, 2.24) is 5.32 Å². The quantitative estimate of drug-likeness (QED) is 0.744. The molecular weight excluding hydrogens is 214 g/mol. The van der Waals surface area contributed by atoms with Gasteiger partial charge in [0.25, 0.3) is 0 Å². The average molecular weight is 239 g/mol. The fourth-order valence-corrected chi connectivity index (χ4v) is 3.30. The minimum absolute atomic E-state index is 0.0996. The lowest BCUT2D eigenvalue weighted by atomic mass is 9.88. The summed E-state index contributed by atoms with van der Waals surface area (Å²) < 4.78 is 0. The van der Waals surface area contributed by atoms with Crippen LogP contribution in [-0.2, 0) is 4.79 Å². The van der Waals surface area contributed by atoms with Crippen molar-refractivity contribution >= 4 is 5.91 Å². The Morgan fingerprint density at radius 1 is 1.35 bits per heavy atom. The Bertz CT molecular complexity index is 278. The van der Waals surface area contributed by atoms with E-state index in [1.54, 1.807) is 0 Å². The molecule has 0 aromatic heterocycles. The van der Waals surface area contributed by atoms with Gasteiger partial charge in [0, 0.05) is 19.1 Å². The first-order valence-electron chi connectivity index (χ1n) is 6.94. The molecule has 2 unspecified atom stereocenters. The van der Waals surface area contributed by atoms with Gasteiger partial charge in [-0.3, -0.25) is 4.79 Å². The zero-order valence-corrected chi connectivity index (χ0v) is 11.0. The van der Waals surface area contributed by atoms with Crippen LogP contribution in [0.4, 0.5) is 0 Å². The van der Waals surface area contributed by atoms with Crippen LogP contribution in [0.3, 0.4) is 0 Å². The Kier molecular flexibility index (Phi) is 3.76. The molecule has 2 N–H and O–H groups in total. The number of carbonyl (C=O) groups is 1. The van der Waals surface area contributed by atoms with Crippen LogP contribution in [0.15, 0.2) is 0 Å². The fraction of sp³-hybridized carbons (Fsp3) is 0.929. The Hall–Kier alpha value is -0.570. The van der Waals surface area contributed by atoms with Gasteiger partial charge in [-0.2, -0.15) is 0 Å². The van der Waals surface area contributed by atoms with Gasteiger partial charge in [-0.1, -0.05) is 20.3 Å². The SMILES string of the molecule is CC(C)(CCCO)CNC(=O)C1C2CCCC21. The third kappa shape index (κ3) is 3.01. The lowest BCUT2D eigenvalue weighted by Gasteiger charge is -2.24. The summed E-state index contributed by atoms with van der Waals surface area (Å²) in [4.78, 5) is 12.0. The molecule has 2 aliphatic carbocycles. The highest BCUT2D eigenvalue weighted by molar-refractivity contribution is 5.82. The van der Waals surface area contributed by atoms with Crippen molar-refractivity contribution in [2.75, 3.05) is 13.2 Å². The minimum Gasteiger partial charge on any atom is -0.396 e. The summed E-state index contributed by atoms with van der Waals surface area (Å²) in [6, 6.07) is 0. The van der Waals surface area contributed by atoms with Gasteiger partial charge in [0.15, 0.2) is 0 Å². The van der Waals surface area contributed by atoms with Crippen molar-refractivity contribution < 1.29 is 9.90 Å². The van der Waals surface area contributed by atoms with Crippen LogP contribution in [0.25, 0.3) is 0 Å². The molecule has 3 heteroatoms. The van der Waals surface area contributed by atoms with Gasteiger partial charge in [-0.05, 0) is 42.9 Å². The van der Waals surface area contributed by atoms with Crippen LogP contribution < -0.4 is 5.32 Å².